The predicted molar refractivity (Wildman–Crippen MR) is 214 cm³/mol. The van der Waals surface area contributed by atoms with E-state index in [1.807, 2.05) is 69.8 Å². The van der Waals surface area contributed by atoms with Crippen LogP contribution in [0.4, 0.5) is 0 Å². The number of likely N-dealkylation sites (tertiary alicyclic amines) is 2. The normalized spacial score (nSPS) is 18.3. The molecule has 4 heterocycles. The average molecular weight is 742 g/mol. The van der Waals surface area contributed by atoms with Crippen LogP contribution in [0.2, 0.25) is 5.02 Å². The SMILES string of the molecule is Cc1cc2nc(-c3ccc4c(c3)c(C3CCN(C5CN(C(C)C(C)(C)C)C5)CC3)nn4C)sc2c(-c2ccc(Cl)cc2)c1[C@H](OC(C)(C)C)C(=O)O. The number of piperidine rings is 1. The molecule has 2 aromatic heterocycles. The van der Waals surface area contributed by atoms with E-state index in [9.17, 15) is 9.90 Å². The van der Waals surface area contributed by atoms with E-state index in [-0.39, 0.29) is 0 Å². The number of aryl methyl sites for hydroxylation is 2. The molecular formula is C42H52ClN5O3S. The minimum atomic E-state index is -1.16. The van der Waals surface area contributed by atoms with Crippen LogP contribution in [0, 0.1) is 12.3 Å². The molecule has 0 bridgehead atoms. The minimum Gasteiger partial charge on any atom is -0.479 e. The number of ether oxygens (including phenoxy) is 1. The summed E-state index contributed by atoms with van der Waals surface area (Å²) in [5.41, 5.74) is 6.96. The van der Waals surface area contributed by atoms with Gasteiger partial charge in [0.15, 0.2) is 6.10 Å². The van der Waals surface area contributed by atoms with Gasteiger partial charge in [0.05, 0.1) is 27.0 Å². The molecule has 2 fully saturated rings. The topological polar surface area (TPSA) is 83.7 Å². The number of halogens is 1. The molecule has 0 saturated carbocycles. The van der Waals surface area contributed by atoms with Crippen molar-refractivity contribution in [2.24, 2.45) is 12.5 Å². The quantitative estimate of drug-likeness (QED) is 0.170. The Balaban J connectivity index is 1.21. The van der Waals surface area contributed by atoms with Crippen molar-refractivity contribution >= 4 is 50.0 Å². The van der Waals surface area contributed by atoms with Crippen LogP contribution < -0.4 is 0 Å². The fourth-order valence-corrected chi connectivity index (χ4v) is 9.26. The van der Waals surface area contributed by atoms with E-state index < -0.39 is 17.7 Å². The first-order valence-electron chi connectivity index (χ1n) is 18.5. The largest absolute Gasteiger partial charge is 0.479 e. The maximum absolute atomic E-state index is 12.8. The molecule has 2 saturated heterocycles. The van der Waals surface area contributed by atoms with Gasteiger partial charge in [0, 0.05) is 65.2 Å². The Morgan fingerprint density at radius 1 is 1.00 bits per heavy atom. The highest BCUT2D eigenvalue weighted by Crippen LogP contribution is 2.45. The lowest BCUT2D eigenvalue weighted by molar-refractivity contribution is -0.160. The zero-order valence-electron chi connectivity index (χ0n) is 32.0. The molecule has 3 aromatic carbocycles. The monoisotopic (exact) mass is 741 g/mol. The summed E-state index contributed by atoms with van der Waals surface area (Å²) in [7, 11) is 2.04. The van der Waals surface area contributed by atoms with Crippen LogP contribution >= 0.6 is 22.9 Å². The lowest BCUT2D eigenvalue weighted by Crippen LogP contribution is -2.64. The van der Waals surface area contributed by atoms with E-state index >= 15 is 0 Å². The van der Waals surface area contributed by atoms with Crippen molar-refractivity contribution in [2.45, 2.75) is 97.9 Å². The number of aromatic nitrogens is 3. The molecule has 7 rings (SSSR count). The molecule has 1 N–H and O–H groups in total. The van der Waals surface area contributed by atoms with E-state index in [1.165, 1.54) is 24.2 Å². The number of carboxylic acids is 1. The van der Waals surface area contributed by atoms with E-state index in [1.54, 1.807) is 11.3 Å². The maximum Gasteiger partial charge on any atom is 0.337 e. The summed E-state index contributed by atoms with van der Waals surface area (Å²) in [5, 5.41) is 18.3. The Labute approximate surface area is 316 Å². The molecule has 0 spiro atoms. The van der Waals surface area contributed by atoms with Crippen molar-refractivity contribution in [1.82, 2.24) is 24.6 Å². The van der Waals surface area contributed by atoms with Crippen LogP contribution in [0.1, 0.15) is 90.2 Å². The third-order valence-corrected chi connectivity index (χ3v) is 12.7. The molecule has 276 valence electrons. The summed E-state index contributed by atoms with van der Waals surface area (Å²) < 4.78 is 9.16. The molecule has 8 nitrogen and oxygen atoms in total. The predicted octanol–water partition coefficient (Wildman–Crippen LogP) is 9.72. The van der Waals surface area contributed by atoms with Gasteiger partial charge in [-0.05, 0) is 113 Å². The Kier molecular flexibility index (Phi) is 9.83. The van der Waals surface area contributed by atoms with E-state index in [0.717, 1.165) is 68.9 Å². The van der Waals surface area contributed by atoms with Gasteiger partial charge in [-0.3, -0.25) is 14.5 Å². The fraction of sp³-hybridized carbons (Fsp3) is 0.500. The van der Waals surface area contributed by atoms with Crippen LogP contribution in [-0.2, 0) is 16.6 Å². The molecule has 0 radical (unpaired) electrons. The van der Waals surface area contributed by atoms with Gasteiger partial charge in [0.2, 0.25) is 0 Å². The third kappa shape index (κ3) is 7.15. The highest BCUT2D eigenvalue weighted by atomic mass is 35.5. The van der Waals surface area contributed by atoms with Crippen molar-refractivity contribution in [3.8, 4) is 21.7 Å². The van der Waals surface area contributed by atoms with Crippen LogP contribution in [0.15, 0.2) is 48.5 Å². The smallest absolute Gasteiger partial charge is 0.337 e. The molecule has 10 heteroatoms. The van der Waals surface area contributed by atoms with Gasteiger partial charge >= 0.3 is 5.97 Å². The van der Waals surface area contributed by atoms with Gasteiger partial charge in [-0.2, -0.15) is 5.10 Å². The summed E-state index contributed by atoms with van der Waals surface area (Å²) in [6.45, 7) is 21.5. The van der Waals surface area contributed by atoms with Crippen molar-refractivity contribution in [3.63, 3.8) is 0 Å². The van der Waals surface area contributed by atoms with Gasteiger partial charge in [0.1, 0.15) is 5.01 Å². The number of hydrogen-bond acceptors (Lipinski definition) is 7. The summed E-state index contributed by atoms with van der Waals surface area (Å²) >= 11 is 7.90. The molecule has 2 aliphatic rings. The maximum atomic E-state index is 12.8. The van der Waals surface area contributed by atoms with Crippen LogP contribution in [0.5, 0.6) is 0 Å². The summed E-state index contributed by atoms with van der Waals surface area (Å²) in [6.07, 6.45) is 1.06. The number of rotatable bonds is 8. The highest BCUT2D eigenvalue weighted by molar-refractivity contribution is 7.22. The summed E-state index contributed by atoms with van der Waals surface area (Å²) in [6, 6.07) is 17.4. The molecule has 2 atom stereocenters. The molecule has 0 aliphatic carbocycles. The number of nitrogens with zero attached hydrogens (tertiary/aromatic N) is 5. The Morgan fingerprint density at radius 3 is 2.27 bits per heavy atom. The minimum absolute atomic E-state index is 0.299. The highest BCUT2D eigenvalue weighted by Gasteiger charge is 2.40. The van der Waals surface area contributed by atoms with Crippen molar-refractivity contribution in [2.75, 3.05) is 26.2 Å². The zero-order valence-corrected chi connectivity index (χ0v) is 33.5. The number of benzene rings is 3. The van der Waals surface area contributed by atoms with Crippen LogP contribution in [0.25, 0.3) is 42.8 Å². The molecule has 52 heavy (non-hydrogen) atoms. The van der Waals surface area contributed by atoms with E-state index in [0.29, 0.717) is 34.0 Å². The lowest BCUT2D eigenvalue weighted by atomic mass is 9.84. The molecular weight excluding hydrogens is 690 g/mol. The second-order valence-electron chi connectivity index (χ2n) is 17.0. The Morgan fingerprint density at radius 2 is 1.65 bits per heavy atom. The van der Waals surface area contributed by atoms with Crippen LogP contribution in [-0.4, -0.2) is 79.5 Å². The molecule has 2 aliphatic heterocycles. The van der Waals surface area contributed by atoms with E-state index in [4.69, 9.17) is 26.4 Å². The second kappa shape index (κ2) is 13.8. The molecule has 0 amide bonds. The summed E-state index contributed by atoms with van der Waals surface area (Å²) in [4.78, 5) is 23.3. The summed E-state index contributed by atoms with van der Waals surface area (Å²) in [5.74, 6) is -0.616. The number of aliphatic carboxylic acids is 1. The van der Waals surface area contributed by atoms with Gasteiger partial charge in [-0.25, -0.2) is 9.78 Å². The third-order valence-electron chi connectivity index (χ3n) is 11.3. The Bertz CT molecular complexity index is 2110. The van der Waals surface area contributed by atoms with Crippen molar-refractivity contribution in [3.05, 3.63) is 70.4 Å². The molecule has 5 aromatic rings. The zero-order chi connectivity index (χ0) is 37.3. The first-order valence-corrected chi connectivity index (χ1v) is 19.7. The van der Waals surface area contributed by atoms with Crippen LogP contribution in [0.3, 0.4) is 0 Å². The number of fused-ring (bicyclic) bond motifs is 2. The lowest BCUT2D eigenvalue weighted by Gasteiger charge is -2.52. The fourth-order valence-electron chi connectivity index (χ4n) is 8.01. The van der Waals surface area contributed by atoms with Gasteiger partial charge in [0.25, 0.3) is 0 Å². The van der Waals surface area contributed by atoms with Gasteiger partial charge in [-0.15, -0.1) is 11.3 Å². The number of carboxylic acid groups (broad SMARTS) is 1. The number of hydrogen-bond donors (Lipinski definition) is 1. The molecule has 1 unspecified atom stereocenters. The number of thiazole rings is 1. The van der Waals surface area contributed by atoms with E-state index in [2.05, 4.69) is 55.7 Å². The van der Waals surface area contributed by atoms with Crippen molar-refractivity contribution < 1.29 is 14.6 Å². The first-order chi connectivity index (χ1) is 24.5. The second-order valence-corrected chi connectivity index (χ2v) is 18.4. The standard InChI is InChI=1S/C42H52ClN5O3S/c1-24-20-32-38(35(26-10-13-29(43)14-11-26)34(24)37(40(49)50)51-42(6,7)8)52-39(44-32)28-12-15-33-31(21-28)36(45-46(33)9)27-16-18-47(19-17-27)30-22-48(23-30)25(2)41(3,4)5/h10-15,20-21,25,27,30,37H,16-19,22-23H2,1-9H3,(H,49,50)/t25?,37-/m0/s1. The van der Waals surface area contributed by atoms with Gasteiger partial charge in [-0.1, -0.05) is 44.5 Å². The average Bonchev–Trinajstić information content (AvgIpc) is 3.62. The van der Waals surface area contributed by atoms with Gasteiger partial charge < -0.3 is 9.84 Å². The first kappa shape index (κ1) is 37.0. The van der Waals surface area contributed by atoms with Crippen molar-refractivity contribution in [1.29, 1.82) is 0 Å². The Hall–Kier alpha value is -3.34. The number of carbonyl (C=O) groups is 1.